The van der Waals surface area contributed by atoms with E-state index in [1.54, 1.807) is 0 Å². The second-order valence-electron chi connectivity index (χ2n) is 6.73. The predicted octanol–water partition coefficient (Wildman–Crippen LogP) is 2.66. The number of rotatable bonds is 3. The molecule has 2 aromatic heterocycles. The summed E-state index contributed by atoms with van der Waals surface area (Å²) in [6.07, 6.45) is 1.37. The molecule has 1 fully saturated rings. The van der Waals surface area contributed by atoms with Crippen LogP contribution in [-0.4, -0.2) is 39.8 Å². The van der Waals surface area contributed by atoms with Gasteiger partial charge >= 0.3 is 0 Å². The number of aryl methyl sites for hydroxylation is 1. The Labute approximate surface area is 146 Å². The van der Waals surface area contributed by atoms with Crippen molar-refractivity contribution in [3.8, 4) is 0 Å². The lowest BCUT2D eigenvalue weighted by Crippen LogP contribution is -2.50. The average molecular weight is 339 g/mol. The van der Waals surface area contributed by atoms with E-state index in [1.807, 2.05) is 37.4 Å². The van der Waals surface area contributed by atoms with Crippen LogP contribution in [-0.2, 0) is 6.54 Å². The number of pyridine rings is 1. The maximum Gasteiger partial charge on any atom is 0.206 e. The van der Waals surface area contributed by atoms with E-state index in [4.69, 9.17) is 10.7 Å². The molecule has 0 saturated carbocycles. The van der Waals surface area contributed by atoms with Gasteiger partial charge in [0.25, 0.3) is 0 Å². The molecule has 0 unspecified atom stereocenters. The van der Waals surface area contributed by atoms with Crippen LogP contribution in [0.2, 0.25) is 0 Å². The number of piperidine rings is 1. The molecule has 6 heteroatoms. The monoisotopic (exact) mass is 339 g/mol. The molecule has 1 aliphatic rings. The highest BCUT2D eigenvalue weighted by atomic mass is 19.1. The van der Waals surface area contributed by atoms with Gasteiger partial charge in [0.1, 0.15) is 6.17 Å². The molecule has 0 spiro atoms. The molecule has 0 bridgehead atoms. The van der Waals surface area contributed by atoms with E-state index in [-0.39, 0.29) is 0 Å². The SMILES string of the molecule is Cc1ccc(Cn2c(N3CC[C@@H](F)[C@H](N)C3)nc3ccccc32)nc1. The Morgan fingerprint density at radius 2 is 2.08 bits per heavy atom. The molecule has 0 amide bonds. The Morgan fingerprint density at radius 1 is 1.24 bits per heavy atom. The zero-order valence-corrected chi connectivity index (χ0v) is 14.3. The highest BCUT2D eigenvalue weighted by molar-refractivity contribution is 5.79. The molecule has 1 aliphatic heterocycles. The molecule has 4 rings (SSSR count). The summed E-state index contributed by atoms with van der Waals surface area (Å²) in [5.74, 6) is 0.839. The van der Waals surface area contributed by atoms with Crippen LogP contribution in [0.1, 0.15) is 17.7 Å². The van der Waals surface area contributed by atoms with Crippen molar-refractivity contribution in [1.29, 1.82) is 0 Å². The van der Waals surface area contributed by atoms with Crippen LogP contribution in [0.15, 0.2) is 42.6 Å². The molecule has 3 heterocycles. The Kier molecular flexibility index (Phi) is 4.13. The molecular weight excluding hydrogens is 317 g/mol. The molecule has 5 nitrogen and oxygen atoms in total. The molecule has 0 radical (unpaired) electrons. The topological polar surface area (TPSA) is 60.0 Å². The van der Waals surface area contributed by atoms with E-state index >= 15 is 0 Å². The lowest BCUT2D eigenvalue weighted by atomic mass is 10.1. The van der Waals surface area contributed by atoms with E-state index in [0.717, 1.165) is 28.2 Å². The van der Waals surface area contributed by atoms with Crippen molar-refractivity contribution in [3.05, 3.63) is 53.9 Å². The molecule has 2 atom stereocenters. The molecule has 25 heavy (non-hydrogen) atoms. The summed E-state index contributed by atoms with van der Waals surface area (Å²) in [6, 6.07) is 11.7. The minimum Gasteiger partial charge on any atom is -0.340 e. The van der Waals surface area contributed by atoms with Gasteiger partial charge in [-0.3, -0.25) is 4.98 Å². The van der Waals surface area contributed by atoms with Gasteiger partial charge in [-0.15, -0.1) is 0 Å². The van der Waals surface area contributed by atoms with Crippen LogP contribution in [0.4, 0.5) is 10.3 Å². The first-order valence-corrected chi connectivity index (χ1v) is 8.63. The van der Waals surface area contributed by atoms with Crippen molar-refractivity contribution in [3.63, 3.8) is 0 Å². The summed E-state index contributed by atoms with van der Waals surface area (Å²) < 4.78 is 15.9. The minimum absolute atomic E-state index is 0.438. The number of halogens is 1. The molecule has 0 aliphatic carbocycles. The van der Waals surface area contributed by atoms with E-state index in [0.29, 0.717) is 26.1 Å². The zero-order valence-electron chi connectivity index (χ0n) is 14.3. The lowest BCUT2D eigenvalue weighted by molar-refractivity contribution is 0.243. The Hall–Kier alpha value is -2.47. The third-order valence-corrected chi connectivity index (χ3v) is 4.78. The van der Waals surface area contributed by atoms with Gasteiger partial charge in [-0.25, -0.2) is 9.37 Å². The van der Waals surface area contributed by atoms with Crippen LogP contribution in [0.5, 0.6) is 0 Å². The summed E-state index contributed by atoms with van der Waals surface area (Å²) in [5.41, 5.74) is 10.0. The highest BCUT2D eigenvalue weighted by Gasteiger charge is 2.29. The number of benzene rings is 1. The van der Waals surface area contributed by atoms with Crippen LogP contribution in [0.25, 0.3) is 11.0 Å². The third kappa shape index (κ3) is 3.09. The van der Waals surface area contributed by atoms with Crippen LogP contribution in [0.3, 0.4) is 0 Å². The number of aromatic nitrogens is 3. The van der Waals surface area contributed by atoms with Crippen LogP contribution >= 0.6 is 0 Å². The number of imidazole rings is 1. The highest BCUT2D eigenvalue weighted by Crippen LogP contribution is 2.26. The second-order valence-corrected chi connectivity index (χ2v) is 6.73. The number of hydrogen-bond acceptors (Lipinski definition) is 4. The number of fused-ring (bicyclic) bond motifs is 1. The fourth-order valence-corrected chi connectivity index (χ4v) is 3.35. The molecule has 3 aromatic rings. The van der Waals surface area contributed by atoms with Gasteiger partial charge in [0.05, 0.1) is 29.3 Å². The van der Waals surface area contributed by atoms with Crippen LogP contribution < -0.4 is 10.6 Å². The van der Waals surface area contributed by atoms with Gasteiger partial charge in [0.15, 0.2) is 0 Å². The number of alkyl halides is 1. The van der Waals surface area contributed by atoms with Gasteiger partial charge < -0.3 is 15.2 Å². The summed E-state index contributed by atoms with van der Waals surface area (Å²) in [7, 11) is 0. The van der Waals surface area contributed by atoms with Gasteiger partial charge in [0, 0.05) is 19.3 Å². The molecule has 130 valence electrons. The van der Waals surface area contributed by atoms with Crippen molar-refractivity contribution < 1.29 is 4.39 Å². The predicted molar refractivity (Wildman–Crippen MR) is 97.5 cm³/mol. The first-order chi connectivity index (χ1) is 12.1. The van der Waals surface area contributed by atoms with Gasteiger partial charge in [-0.2, -0.15) is 0 Å². The summed E-state index contributed by atoms with van der Waals surface area (Å²) >= 11 is 0. The van der Waals surface area contributed by atoms with Crippen molar-refractivity contribution >= 4 is 17.0 Å². The molecule has 1 saturated heterocycles. The number of nitrogens with two attached hydrogens (primary N) is 1. The zero-order chi connectivity index (χ0) is 17.4. The first-order valence-electron chi connectivity index (χ1n) is 8.63. The Bertz CT molecular complexity index is 873. The fourth-order valence-electron chi connectivity index (χ4n) is 3.35. The Balaban J connectivity index is 1.74. The van der Waals surface area contributed by atoms with Gasteiger partial charge in [0.2, 0.25) is 5.95 Å². The first kappa shape index (κ1) is 16.0. The van der Waals surface area contributed by atoms with Crippen molar-refractivity contribution in [2.45, 2.75) is 32.1 Å². The smallest absolute Gasteiger partial charge is 0.206 e. The number of hydrogen-bond donors (Lipinski definition) is 1. The fraction of sp³-hybridized carbons (Fsp3) is 0.368. The van der Waals surface area contributed by atoms with Crippen molar-refractivity contribution in [1.82, 2.24) is 14.5 Å². The van der Waals surface area contributed by atoms with E-state index in [9.17, 15) is 4.39 Å². The molecule has 2 N–H and O–H groups in total. The molecule has 1 aromatic carbocycles. The maximum atomic E-state index is 13.8. The summed E-state index contributed by atoms with van der Waals surface area (Å²) in [6.45, 7) is 3.75. The second kappa shape index (κ2) is 6.44. The minimum atomic E-state index is -0.937. The lowest BCUT2D eigenvalue weighted by Gasteiger charge is -2.34. The summed E-state index contributed by atoms with van der Waals surface area (Å²) in [5, 5.41) is 0. The normalized spacial score (nSPS) is 21.0. The van der Waals surface area contributed by atoms with Gasteiger partial charge in [-0.05, 0) is 37.1 Å². The van der Waals surface area contributed by atoms with E-state index < -0.39 is 12.2 Å². The number of nitrogens with zero attached hydrogens (tertiary/aromatic N) is 4. The Morgan fingerprint density at radius 3 is 2.84 bits per heavy atom. The standard InChI is InChI=1S/C19H22FN5/c1-13-6-7-14(22-10-13)11-25-18-5-3-2-4-17(18)23-19(25)24-9-8-15(20)16(21)12-24/h2-7,10,15-16H,8-9,11-12,21H2,1H3/t15-,16-/m1/s1. The quantitative estimate of drug-likeness (QED) is 0.797. The van der Waals surface area contributed by atoms with Crippen molar-refractivity contribution in [2.24, 2.45) is 5.73 Å². The number of anilines is 1. The van der Waals surface area contributed by atoms with Gasteiger partial charge in [-0.1, -0.05) is 18.2 Å². The van der Waals surface area contributed by atoms with E-state index in [2.05, 4.69) is 26.6 Å². The number of para-hydroxylation sites is 2. The largest absolute Gasteiger partial charge is 0.340 e. The van der Waals surface area contributed by atoms with Crippen LogP contribution in [0, 0.1) is 6.92 Å². The average Bonchev–Trinajstić information content (AvgIpc) is 2.98. The van der Waals surface area contributed by atoms with Crippen molar-refractivity contribution in [2.75, 3.05) is 18.0 Å². The third-order valence-electron chi connectivity index (χ3n) is 4.78. The molecular formula is C19H22FN5. The maximum absolute atomic E-state index is 13.8. The van der Waals surface area contributed by atoms with E-state index in [1.165, 1.54) is 0 Å². The summed E-state index contributed by atoms with van der Waals surface area (Å²) in [4.78, 5) is 11.4.